The molecule has 2 heterocycles. The van der Waals surface area contributed by atoms with Crippen LogP contribution in [0.5, 0.6) is 0 Å². The zero-order chi connectivity index (χ0) is 25.9. The summed E-state index contributed by atoms with van der Waals surface area (Å²) in [5, 5.41) is 24.4. The van der Waals surface area contributed by atoms with Gasteiger partial charge in [-0.2, -0.15) is 9.78 Å². The molecule has 4 aliphatic carbocycles. The molecule has 9 nitrogen and oxygen atoms in total. The fraction of sp³-hybridized carbons (Fsp3) is 0.480. The van der Waals surface area contributed by atoms with E-state index in [-0.39, 0.29) is 22.7 Å². The lowest BCUT2D eigenvalue weighted by molar-refractivity contribution is -0.390. The Hall–Kier alpha value is -2.43. The smallest absolute Gasteiger partial charge is 0.358 e. The maximum atomic E-state index is 13.2. The number of hydrogen-bond donors (Lipinski definition) is 1. The van der Waals surface area contributed by atoms with Crippen LogP contribution in [0.25, 0.3) is 0 Å². The Morgan fingerprint density at radius 2 is 1.86 bits per heavy atom. The van der Waals surface area contributed by atoms with Crippen LogP contribution in [-0.2, 0) is 16.9 Å². The van der Waals surface area contributed by atoms with Gasteiger partial charge >= 0.3 is 5.82 Å². The van der Waals surface area contributed by atoms with Crippen molar-refractivity contribution < 1.29 is 9.72 Å². The fourth-order valence-electron chi connectivity index (χ4n) is 7.48. The van der Waals surface area contributed by atoms with Crippen molar-refractivity contribution in [1.29, 1.82) is 0 Å². The summed E-state index contributed by atoms with van der Waals surface area (Å²) in [7, 11) is 0. The number of halogens is 3. The summed E-state index contributed by atoms with van der Waals surface area (Å²) in [6, 6.07) is 7.13. The maximum Gasteiger partial charge on any atom is 0.404 e. The number of nitrogens with zero attached hydrogens (tertiary/aromatic N) is 5. The second kappa shape index (κ2) is 9.10. The van der Waals surface area contributed by atoms with Gasteiger partial charge in [-0.1, -0.05) is 29.3 Å². The van der Waals surface area contributed by atoms with E-state index in [2.05, 4.69) is 31.4 Å². The van der Waals surface area contributed by atoms with E-state index in [1.165, 1.54) is 0 Å². The molecule has 1 aromatic carbocycles. The summed E-state index contributed by atoms with van der Waals surface area (Å²) in [4.78, 5) is 24.2. The summed E-state index contributed by atoms with van der Waals surface area (Å²) in [6.45, 7) is 0.399. The first kappa shape index (κ1) is 24.9. The van der Waals surface area contributed by atoms with Gasteiger partial charge in [-0.3, -0.25) is 9.48 Å². The number of nitrogens with one attached hydrogen (secondary N) is 1. The quantitative estimate of drug-likeness (QED) is 0.246. The van der Waals surface area contributed by atoms with Crippen LogP contribution in [-0.4, -0.2) is 30.4 Å². The second-order valence-electron chi connectivity index (χ2n) is 11.0. The molecule has 0 aliphatic heterocycles. The highest BCUT2D eigenvalue weighted by Crippen LogP contribution is 2.65. The van der Waals surface area contributed by atoms with Crippen molar-refractivity contribution in [3.8, 4) is 0 Å². The topological polar surface area (TPSA) is 108 Å². The molecular weight excluding hydrogens is 583 g/mol. The van der Waals surface area contributed by atoms with E-state index in [0.29, 0.717) is 45.1 Å². The first-order valence-electron chi connectivity index (χ1n) is 12.3. The van der Waals surface area contributed by atoms with E-state index < -0.39 is 4.92 Å². The number of carbonyl (C=O) groups excluding carboxylic acids is 1. The van der Waals surface area contributed by atoms with Crippen molar-refractivity contribution in [1.82, 2.24) is 19.6 Å². The Balaban J connectivity index is 1.17. The zero-order valence-electron chi connectivity index (χ0n) is 19.9. The van der Waals surface area contributed by atoms with Crippen molar-refractivity contribution in [2.24, 2.45) is 17.3 Å². The van der Waals surface area contributed by atoms with Crippen LogP contribution >= 0.6 is 39.1 Å². The van der Waals surface area contributed by atoms with E-state index in [4.69, 9.17) is 23.2 Å². The first-order valence-corrected chi connectivity index (χ1v) is 13.8. The standard InChI is InChI=1S/C25H25BrCl2N6O3/c26-18-13-33(31-23(18)34(36)37)25-9-15-6-16(10-25)8-24(7-15,14-25)11-22(35)29-21-4-5-32(30-21)12-17-19(27)2-1-3-20(17)28/h1-5,13,15-16H,6-12,14H2,(H,29,30,35). The third-order valence-corrected chi connectivity index (χ3v) is 9.56. The first-order chi connectivity index (χ1) is 17.6. The Bertz CT molecular complexity index is 1370. The third kappa shape index (κ3) is 4.57. The van der Waals surface area contributed by atoms with Gasteiger partial charge in [-0.15, -0.1) is 0 Å². The van der Waals surface area contributed by atoms with Gasteiger partial charge in [0.25, 0.3) is 0 Å². The minimum absolute atomic E-state index is 0.0641. The van der Waals surface area contributed by atoms with Crippen LogP contribution in [0.4, 0.5) is 11.6 Å². The summed E-state index contributed by atoms with van der Waals surface area (Å²) < 4.78 is 3.92. The molecule has 12 heteroatoms. The van der Waals surface area contributed by atoms with Crippen molar-refractivity contribution in [2.45, 2.75) is 57.0 Å². The van der Waals surface area contributed by atoms with Crippen LogP contribution in [0.15, 0.2) is 41.1 Å². The highest BCUT2D eigenvalue weighted by molar-refractivity contribution is 9.10. The molecule has 4 fully saturated rings. The second-order valence-corrected chi connectivity index (χ2v) is 12.7. The number of rotatable bonds is 7. The van der Waals surface area contributed by atoms with Crippen LogP contribution in [0.2, 0.25) is 10.0 Å². The van der Waals surface area contributed by atoms with Crippen LogP contribution < -0.4 is 5.32 Å². The van der Waals surface area contributed by atoms with Gasteiger partial charge in [0, 0.05) is 34.3 Å². The van der Waals surface area contributed by atoms with E-state index in [9.17, 15) is 14.9 Å². The largest absolute Gasteiger partial charge is 0.404 e. The van der Waals surface area contributed by atoms with E-state index in [0.717, 1.165) is 44.1 Å². The molecule has 194 valence electrons. The number of anilines is 1. The van der Waals surface area contributed by atoms with Crippen LogP contribution in [0, 0.1) is 27.4 Å². The number of amides is 1. The average Bonchev–Trinajstić information content (AvgIpc) is 3.41. The van der Waals surface area contributed by atoms with Gasteiger partial charge in [0.1, 0.15) is 4.47 Å². The Labute approximate surface area is 231 Å². The minimum atomic E-state index is -0.455. The average molecular weight is 608 g/mol. The molecule has 2 aromatic heterocycles. The van der Waals surface area contributed by atoms with Crippen molar-refractivity contribution in [3.63, 3.8) is 0 Å². The molecule has 4 bridgehead atoms. The third-order valence-electron chi connectivity index (χ3n) is 8.29. The minimum Gasteiger partial charge on any atom is -0.358 e. The van der Waals surface area contributed by atoms with E-state index in [1.807, 2.05) is 4.68 Å². The predicted molar refractivity (Wildman–Crippen MR) is 143 cm³/mol. The molecule has 2 unspecified atom stereocenters. The molecule has 4 aliphatic rings. The number of aromatic nitrogens is 4. The number of benzene rings is 1. The summed E-state index contributed by atoms with van der Waals surface area (Å²) >= 11 is 15.9. The van der Waals surface area contributed by atoms with Crippen LogP contribution in [0.1, 0.15) is 50.5 Å². The molecule has 7 rings (SSSR count). The predicted octanol–water partition coefficient (Wildman–Crippen LogP) is 6.43. The lowest BCUT2D eigenvalue weighted by Crippen LogP contribution is -2.57. The molecule has 1 N–H and O–H groups in total. The summed E-state index contributed by atoms with van der Waals surface area (Å²) in [5.74, 6) is 1.26. The molecule has 3 aromatic rings. The number of hydrogen-bond acceptors (Lipinski definition) is 5. The molecule has 0 saturated heterocycles. The highest BCUT2D eigenvalue weighted by atomic mass is 79.9. The number of carbonyl (C=O) groups is 1. The fourth-order valence-corrected chi connectivity index (χ4v) is 8.41. The molecule has 0 spiro atoms. The summed E-state index contributed by atoms with van der Waals surface area (Å²) in [6.07, 6.45) is 9.80. The molecule has 2 atom stereocenters. The molecular formula is C25H25BrCl2N6O3. The lowest BCUT2D eigenvalue weighted by atomic mass is 9.46. The molecule has 37 heavy (non-hydrogen) atoms. The van der Waals surface area contributed by atoms with E-state index in [1.54, 1.807) is 41.3 Å². The van der Waals surface area contributed by atoms with Gasteiger partial charge in [0.05, 0.1) is 23.4 Å². The van der Waals surface area contributed by atoms with Gasteiger partial charge in [-0.25, -0.2) is 0 Å². The monoisotopic (exact) mass is 606 g/mol. The van der Waals surface area contributed by atoms with Gasteiger partial charge in [-0.05, 0) is 88.8 Å². The maximum absolute atomic E-state index is 13.2. The van der Waals surface area contributed by atoms with Gasteiger partial charge in [0.15, 0.2) is 5.82 Å². The van der Waals surface area contributed by atoms with Crippen molar-refractivity contribution >= 4 is 56.7 Å². The molecule has 4 saturated carbocycles. The lowest BCUT2D eigenvalue weighted by Gasteiger charge is -2.61. The normalized spacial score (nSPS) is 28.0. The Morgan fingerprint density at radius 1 is 1.16 bits per heavy atom. The Kier molecular flexibility index (Phi) is 6.12. The van der Waals surface area contributed by atoms with Crippen molar-refractivity contribution in [3.05, 3.63) is 66.9 Å². The SMILES string of the molecule is O=C(CC12CC3CC(C1)CC(n1cc(Br)c([N+](=O)[O-])n1)(C3)C2)Nc1ccn(Cc2c(Cl)cccc2Cl)n1. The van der Waals surface area contributed by atoms with Crippen LogP contribution in [0.3, 0.4) is 0 Å². The highest BCUT2D eigenvalue weighted by Gasteiger charge is 2.60. The van der Waals surface area contributed by atoms with E-state index >= 15 is 0 Å². The summed E-state index contributed by atoms with van der Waals surface area (Å²) in [5.41, 5.74) is 0.350. The van der Waals surface area contributed by atoms with Crippen molar-refractivity contribution in [2.75, 3.05) is 5.32 Å². The zero-order valence-corrected chi connectivity index (χ0v) is 23.0. The van der Waals surface area contributed by atoms with Gasteiger partial charge in [0.2, 0.25) is 5.91 Å². The molecule has 1 amide bonds. The van der Waals surface area contributed by atoms with Gasteiger partial charge < -0.3 is 15.4 Å². The number of nitro groups is 1. The Morgan fingerprint density at radius 3 is 2.51 bits per heavy atom. The molecule has 0 radical (unpaired) electrons.